The van der Waals surface area contributed by atoms with Crippen LogP contribution in [0.1, 0.15) is 63.5 Å². The fourth-order valence-electron chi connectivity index (χ4n) is 6.62. The molecule has 0 aliphatic carbocycles. The van der Waals surface area contributed by atoms with Crippen molar-refractivity contribution in [2.24, 2.45) is 16.8 Å². The fraction of sp³-hybridized carbons (Fsp3) is 0.514. The third-order valence-electron chi connectivity index (χ3n) is 9.74. The second kappa shape index (κ2) is 16.2. The van der Waals surface area contributed by atoms with E-state index in [0.29, 0.717) is 35.7 Å². The monoisotopic (exact) mass is 680 g/mol. The minimum Gasteiger partial charge on any atom is -0.508 e. The van der Waals surface area contributed by atoms with Gasteiger partial charge in [-0.2, -0.15) is 0 Å². The minimum atomic E-state index is -2.25. The number of aliphatic hydroxyl groups is 4. The first kappa shape index (κ1) is 36.3. The van der Waals surface area contributed by atoms with Crippen LogP contribution < -0.4 is 14.8 Å². The molecule has 0 spiro atoms. The molecule has 7 N–H and O–H groups in total. The Kier molecular flexibility index (Phi) is 12.0. The number of unbranched alkanes of at least 4 members (excludes halogenated alkanes) is 3. The van der Waals surface area contributed by atoms with Crippen LogP contribution in [-0.2, 0) is 9.53 Å². The Balaban J connectivity index is 1.33. The van der Waals surface area contributed by atoms with Crippen LogP contribution in [0.5, 0.6) is 17.2 Å². The number of nitrogens with one attached hydrogen (secondary N) is 1. The molecule has 1 fully saturated rings. The highest BCUT2D eigenvalue weighted by Crippen LogP contribution is 2.40. The zero-order valence-electron chi connectivity index (χ0n) is 28.0. The van der Waals surface area contributed by atoms with Crippen molar-refractivity contribution in [1.82, 2.24) is 5.32 Å². The summed E-state index contributed by atoms with van der Waals surface area (Å²) in [5, 5.41) is 67.4. The zero-order chi connectivity index (χ0) is 35.1. The molecule has 5 rings (SSSR count). The number of rotatable bonds is 16. The number of allylic oxidation sites excluding steroid dienone is 1. The number of carboxylic acids is 1. The van der Waals surface area contributed by atoms with Gasteiger partial charge in [0.1, 0.15) is 41.8 Å². The summed E-state index contributed by atoms with van der Waals surface area (Å²) in [6, 6.07) is 10.9. The van der Waals surface area contributed by atoms with Crippen LogP contribution in [0, 0.1) is 11.8 Å². The molecule has 0 amide bonds. The van der Waals surface area contributed by atoms with E-state index < -0.39 is 36.2 Å². The molecular formula is C37H48N2O10. The van der Waals surface area contributed by atoms with Crippen LogP contribution in [0.25, 0.3) is 11.3 Å². The van der Waals surface area contributed by atoms with Crippen LogP contribution in [0.15, 0.2) is 59.1 Å². The summed E-state index contributed by atoms with van der Waals surface area (Å²) in [4.78, 5) is 16.3. The molecule has 0 radical (unpaired) electrons. The number of ether oxygens (including phenoxy) is 3. The van der Waals surface area contributed by atoms with Gasteiger partial charge in [0.25, 0.3) is 0 Å². The van der Waals surface area contributed by atoms with Gasteiger partial charge in [-0.15, -0.1) is 0 Å². The van der Waals surface area contributed by atoms with E-state index in [1.165, 1.54) is 37.1 Å². The highest BCUT2D eigenvalue weighted by molar-refractivity contribution is 5.91. The van der Waals surface area contributed by atoms with Crippen LogP contribution >= 0.6 is 0 Å². The Bertz CT molecular complexity index is 1540. The van der Waals surface area contributed by atoms with Gasteiger partial charge in [0.05, 0.1) is 12.1 Å². The first-order valence-corrected chi connectivity index (χ1v) is 17.0. The average molecular weight is 681 g/mol. The van der Waals surface area contributed by atoms with E-state index in [1.54, 1.807) is 18.2 Å². The summed E-state index contributed by atoms with van der Waals surface area (Å²) in [6.07, 6.45) is 3.03. The van der Waals surface area contributed by atoms with Gasteiger partial charge < -0.3 is 50.2 Å². The van der Waals surface area contributed by atoms with Gasteiger partial charge in [-0.3, -0.25) is 4.99 Å². The number of aliphatic imine (C=N–C) groups is 1. The van der Waals surface area contributed by atoms with Gasteiger partial charge >= 0.3 is 5.97 Å². The number of phenolic OH excluding ortho intramolecular Hbond substituents is 1. The zero-order valence-corrected chi connectivity index (χ0v) is 28.0. The molecule has 2 aromatic carbocycles. The molecule has 3 aliphatic rings. The number of carbonyl (C=O) groups is 1. The van der Waals surface area contributed by atoms with Crippen LogP contribution in [0.2, 0.25) is 0 Å². The van der Waals surface area contributed by atoms with Crippen LogP contribution in [0.3, 0.4) is 0 Å². The number of benzene rings is 2. The summed E-state index contributed by atoms with van der Waals surface area (Å²) >= 11 is 0. The van der Waals surface area contributed by atoms with E-state index in [4.69, 9.17) is 14.2 Å². The van der Waals surface area contributed by atoms with Crippen molar-refractivity contribution in [1.29, 1.82) is 0 Å². The first-order valence-electron chi connectivity index (χ1n) is 17.0. The first-order chi connectivity index (χ1) is 23.5. The van der Waals surface area contributed by atoms with Gasteiger partial charge in [0.15, 0.2) is 11.7 Å². The van der Waals surface area contributed by atoms with Crippen LogP contribution in [-0.4, -0.2) is 99.3 Å². The number of hydrogen-bond acceptors (Lipinski definition) is 11. The molecule has 7 atom stereocenters. The summed E-state index contributed by atoms with van der Waals surface area (Å²) in [5.41, 5.74) is 0.462. The second-order valence-electron chi connectivity index (χ2n) is 13.3. The lowest BCUT2D eigenvalue weighted by molar-refractivity contribution is -0.311. The van der Waals surface area contributed by atoms with Crippen molar-refractivity contribution in [3.05, 3.63) is 65.2 Å². The average Bonchev–Trinajstić information content (AvgIpc) is 3.60. The normalized spacial score (nSPS) is 26.1. The number of aliphatic hydroxyl groups excluding tert-OH is 3. The number of hydrogen-bond donors (Lipinski definition) is 7. The molecule has 2 aromatic rings. The lowest BCUT2D eigenvalue weighted by atomic mass is 9.83. The third-order valence-corrected chi connectivity index (χ3v) is 9.74. The molecule has 0 bridgehead atoms. The number of aromatic hydroxyl groups is 1. The Morgan fingerprint density at radius 3 is 2.59 bits per heavy atom. The van der Waals surface area contributed by atoms with E-state index in [9.17, 15) is 35.4 Å². The summed E-state index contributed by atoms with van der Waals surface area (Å²) in [5.74, 6) is -0.535. The lowest BCUT2D eigenvalue weighted by Gasteiger charge is -2.47. The number of aliphatic carboxylic acids is 1. The molecule has 0 saturated carbocycles. The lowest BCUT2D eigenvalue weighted by Crippen LogP contribution is -2.71. The largest absolute Gasteiger partial charge is 0.508 e. The number of carboxylic acid groups (broad SMARTS) is 1. The highest BCUT2D eigenvalue weighted by atomic mass is 16.7. The van der Waals surface area contributed by atoms with E-state index in [-0.39, 0.29) is 42.1 Å². The Morgan fingerprint density at radius 2 is 1.90 bits per heavy atom. The van der Waals surface area contributed by atoms with Crippen molar-refractivity contribution in [2.45, 2.75) is 82.6 Å². The molecule has 0 unspecified atom stereocenters. The summed E-state index contributed by atoms with van der Waals surface area (Å²) in [6.45, 7) is 5.28. The van der Waals surface area contributed by atoms with Crippen molar-refractivity contribution in [2.75, 3.05) is 26.2 Å². The fourth-order valence-corrected chi connectivity index (χ4v) is 6.62. The quantitative estimate of drug-likeness (QED) is 0.127. The Morgan fingerprint density at radius 1 is 1.12 bits per heavy atom. The third kappa shape index (κ3) is 8.45. The summed E-state index contributed by atoms with van der Waals surface area (Å²) < 4.78 is 17.5. The number of phenols is 1. The molecule has 49 heavy (non-hydrogen) atoms. The van der Waals surface area contributed by atoms with Gasteiger partial charge in [-0.1, -0.05) is 64.2 Å². The van der Waals surface area contributed by atoms with E-state index in [2.05, 4.69) is 30.2 Å². The van der Waals surface area contributed by atoms with Gasteiger partial charge in [-0.25, -0.2) is 4.79 Å². The molecule has 1 saturated heterocycles. The van der Waals surface area contributed by atoms with Crippen LogP contribution in [0.4, 0.5) is 0 Å². The molecule has 3 heterocycles. The second-order valence-corrected chi connectivity index (χ2v) is 13.3. The molecule has 12 heteroatoms. The predicted octanol–water partition coefficient (Wildman–Crippen LogP) is 4.07. The maximum Gasteiger partial charge on any atom is 0.335 e. The van der Waals surface area contributed by atoms with Gasteiger partial charge in [-0.05, 0) is 60.2 Å². The standard InChI is InChI=1S/C37H48N2O10/c1-3-4-5-6-7-22(2)25(16-23-14-15-38-18-23)19-39-21-37(46)34(43)32(42)33(35(44)45)49-36(37)48-27-12-13-28-30(17-27)47-20-29(31(28)41)24-8-10-26(40)11-9-24/h8-14,17-18,22,25,32-34,36,39-43,46H,3-7,15-16,19-21H2,1-2H3,(H,44,45)/t22-,25-,32+,33-,34-,36+,37+/m0/s1. The van der Waals surface area contributed by atoms with Crippen molar-refractivity contribution in [3.8, 4) is 17.2 Å². The number of fused-ring (bicyclic) bond motifs is 1. The van der Waals surface area contributed by atoms with Gasteiger partial charge in [0.2, 0.25) is 6.29 Å². The van der Waals surface area contributed by atoms with Gasteiger partial charge in [0, 0.05) is 24.4 Å². The predicted molar refractivity (Wildman–Crippen MR) is 184 cm³/mol. The van der Waals surface area contributed by atoms with Crippen molar-refractivity contribution in [3.63, 3.8) is 0 Å². The highest BCUT2D eigenvalue weighted by Gasteiger charge is 2.58. The Hall–Kier alpha value is -3.94. The van der Waals surface area contributed by atoms with E-state index >= 15 is 0 Å². The SMILES string of the molecule is CCCCCC[C@H](C)[C@H](CNC[C@]1(O)[C@H](Oc2ccc3c(c2)OCC(c2ccc(O)cc2)=C3O)O[C@H](C(=O)O)[C@@H](O)[C@@H]1O)CC1=CCN=C1. The maximum atomic E-state index is 12.0. The topological polar surface area (TPSA) is 191 Å². The molecule has 3 aliphatic heterocycles. The molecule has 266 valence electrons. The van der Waals surface area contributed by atoms with E-state index in [1.807, 2.05) is 6.21 Å². The smallest absolute Gasteiger partial charge is 0.335 e. The molecule has 0 aromatic heterocycles. The van der Waals surface area contributed by atoms with E-state index in [0.717, 1.165) is 31.3 Å². The summed E-state index contributed by atoms with van der Waals surface area (Å²) in [7, 11) is 0. The molecule has 12 nitrogen and oxygen atoms in total. The minimum absolute atomic E-state index is 0.0216. The van der Waals surface area contributed by atoms with Crippen molar-refractivity contribution < 1.29 is 49.6 Å². The van der Waals surface area contributed by atoms with Crippen molar-refractivity contribution >= 4 is 23.5 Å². The molecular weight excluding hydrogens is 632 g/mol. The Labute approximate surface area is 286 Å². The number of nitrogens with zero attached hydrogens (tertiary/aromatic N) is 1. The maximum absolute atomic E-state index is 12.0.